The summed E-state index contributed by atoms with van der Waals surface area (Å²) in [7, 11) is 0. The van der Waals surface area contributed by atoms with Gasteiger partial charge in [-0.3, -0.25) is 4.79 Å². The van der Waals surface area contributed by atoms with Crippen LogP contribution in [-0.4, -0.2) is 30.4 Å². The first-order chi connectivity index (χ1) is 8.73. The van der Waals surface area contributed by atoms with Crippen molar-refractivity contribution in [2.45, 2.75) is 24.7 Å². The number of carbonyl (C=O) groups excluding carboxylic acids is 1. The van der Waals surface area contributed by atoms with Crippen molar-refractivity contribution in [2.24, 2.45) is 11.7 Å². The molecule has 1 saturated carbocycles. The molecule has 0 aromatic heterocycles. The molecular formula is C15H20N2O. The van der Waals surface area contributed by atoms with Crippen LogP contribution < -0.4 is 5.73 Å². The smallest absolute Gasteiger partial charge is 0.223 e. The second-order valence-electron chi connectivity index (χ2n) is 5.73. The molecule has 2 fully saturated rings. The normalized spacial score (nSPS) is 25.5. The number of nitrogens with zero attached hydrogens (tertiary/aromatic N) is 1. The summed E-state index contributed by atoms with van der Waals surface area (Å²) in [5, 5.41) is 0. The van der Waals surface area contributed by atoms with Gasteiger partial charge >= 0.3 is 0 Å². The Morgan fingerprint density at radius 2 is 2.00 bits per heavy atom. The van der Waals surface area contributed by atoms with Crippen molar-refractivity contribution in [3.63, 3.8) is 0 Å². The Labute approximate surface area is 108 Å². The van der Waals surface area contributed by atoms with Crippen LogP contribution in [0.3, 0.4) is 0 Å². The minimum Gasteiger partial charge on any atom is -0.341 e. The fraction of sp³-hybridized carbons (Fsp3) is 0.533. The van der Waals surface area contributed by atoms with Gasteiger partial charge in [0.15, 0.2) is 0 Å². The standard InChI is InChI=1S/C15H20N2O/c16-9-12-8-14(18)17(10-12)11-15(6-7-15)13-4-2-1-3-5-13/h1-5,12H,6-11,16H2. The van der Waals surface area contributed by atoms with Crippen LogP contribution in [0.4, 0.5) is 0 Å². The van der Waals surface area contributed by atoms with Crippen LogP contribution in [0.2, 0.25) is 0 Å². The predicted octanol–water partition coefficient (Wildman–Crippen LogP) is 1.53. The number of nitrogens with two attached hydrogens (primary N) is 1. The molecule has 1 aliphatic heterocycles. The van der Waals surface area contributed by atoms with Gasteiger partial charge in [0.05, 0.1) is 0 Å². The third-order valence-corrected chi connectivity index (χ3v) is 4.36. The van der Waals surface area contributed by atoms with E-state index in [1.165, 1.54) is 18.4 Å². The zero-order chi connectivity index (χ0) is 12.6. The van der Waals surface area contributed by atoms with E-state index in [0.29, 0.717) is 18.9 Å². The monoisotopic (exact) mass is 244 g/mol. The Morgan fingerprint density at radius 1 is 1.28 bits per heavy atom. The molecule has 3 rings (SSSR count). The van der Waals surface area contributed by atoms with Gasteiger partial charge in [0.1, 0.15) is 0 Å². The third kappa shape index (κ3) is 2.03. The predicted molar refractivity (Wildman–Crippen MR) is 71.1 cm³/mol. The Balaban J connectivity index is 1.72. The van der Waals surface area contributed by atoms with Gasteiger partial charge in [0.2, 0.25) is 5.91 Å². The molecule has 2 N–H and O–H groups in total. The van der Waals surface area contributed by atoms with Crippen molar-refractivity contribution in [3.05, 3.63) is 35.9 Å². The fourth-order valence-electron chi connectivity index (χ4n) is 3.01. The molecule has 1 aromatic carbocycles. The Morgan fingerprint density at radius 3 is 2.56 bits per heavy atom. The lowest BCUT2D eigenvalue weighted by atomic mass is 9.95. The summed E-state index contributed by atoms with van der Waals surface area (Å²) in [5.74, 6) is 0.650. The Kier molecular flexibility index (Phi) is 2.86. The number of rotatable bonds is 4. The molecule has 3 heteroatoms. The molecule has 1 aromatic rings. The average molecular weight is 244 g/mol. The van der Waals surface area contributed by atoms with Gasteiger partial charge < -0.3 is 10.6 Å². The van der Waals surface area contributed by atoms with Gasteiger partial charge in [-0.05, 0) is 30.9 Å². The maximum atomic E-state index is 12.0. The number of hydrogen-bond donors (Lipinski definition) is 1. The largest absolute Gasteiger partial charge is 0.341 e. The van der Waals surface area contributed by atoms with Crippen molar-refractivity contribution in [1.29, 1.82) is 0 Å². The van der Waals surface area contributed by atoms with Gasteiger partial charge in [0.25, 0.3) is 0 Å². The van der Waals surface area contributed by atoms with Crippen LogP contribution in [0.5, 0.6) is 0 Å². The van der Waals surface area contributed by atoms with E-state index in [1.807, 2.05) is 11.0 Å². The highest BCUT2D eigenvalue weighted by Crippen LogP contribution is 2.49. The minimum atomic E-state index is 0.237. The topological polar surface area (TPSA) is 46.3 Å². The van der Waals surface area contributed by atoms with Crippen molar-refractivity contribution < 1.29 is 4.79 Å². The summed E-state index contributed by atoms with van der Waals surface area (Å²) >= 11 is 0. The third-order valence-electron chi connectivity index (χ3n) is 4.36. The van der Waals surface area contributed by atoms with Gasteiger partial charge in [-0.1, -0.05) is 30.3 Å². The Hall–Kier alpha value is -1.35. The van der Waals surface area contributed by atoms with Crippen LogP contribution in [0, 0.1) is 5.92 Å². The van der Waals surface area contributed by atoms with E-state index in [2.05, 4.69) is 24.3 Å². The highest BCUT2D eigenvalue weighted by atomic mass is 16.2. The molecule has 0 bridgehead atoms. The van der Waals surface area contributed by atoms with Crippen molar-refractivity contribution in [3.8, 4) is 0 Å². The fourth-order valence-corrected chi connectivity index (χ4v) is 3.01. The summed E-state index contributed by atoms with van der Waals surface area (Å²) in [6, 6.07) is 10.6. The lowest BCUT2D eigenvalue weighted by Crippen LogP contribution is -2.34. The van der Waals surface area contributed by atoms with Crippen LogP contribution in [0.25, 0.3) is 0 Å². The quantitative estimate of drug-likeness (QED) is 0.873. The SMILES string of the molecule is NCC1CC(=O)N(CC2(c3ccccc3)CC2)C1. The molecule has 1 saturated heterocycles. The molecule has 0 spiro atoms. The maximum Gasteiger partial charge on any atom is 0.223 e. The summed E-state index contributed by atoms with van der Waals surface area (Å²) in [5.41, 5.74) is 7.29. The molecule has 18 heavy (non-hydrogen) atoms. The number of carbonyl (C=O) groups is 1. The van der Waals surface area contributed by atoms with Gasteiger partial charge in [-0.2, -0.15) is 0 Å². The van der Waals surface area contributed by atoms with Crippen LogP contribution in [0.15, 0.2) is 30.3 Å². The summed E-state index contributed by atoms with van der Waals surface area (Å²) in [4.78, 5) is 14.0. The lowest BCUT2D eigenvalue weighted by Gasteiger charge is -2.24. The minimum absolute atomic E-state index is 0.237. The molecular weight excluding hydrogens is 224 g/mol. The molecule has 1 atom stereocenters. The first-order valence-corrected chi connectivity index (χ1v) is 6.77. The molecule has 1 amide bonds. The molecule has 1 heterocycles. The van der Waals surface area contributed by atoms with Gasteiger partial charge in [0, 0.05) is 24.9 Å². The van der Waals surface area contributed by atoms with Gasteiger partial charge in [-0.15, -0.1) is 0 Å². The second-order valence-corrected chi connectivity index (χ2v) is 5.73. The van der Waals surface area contributed by atoms with Crippen LogP contribution in [-0.2, 0) is 10.2 Å². The van der Waals surface area contributed by atoms with Crippen molar-refractivity contribution >= 4 is 5.91 Å². The van der Waals surface area contributed by atoms with E-state index in [1.54, 1.807) is 0 Å². The van der Waals surface area contributed by atoms with E-state index in [0.717, 1.165) is 13.1 Å². The highest BCUT2D eigenvalue weighted by molar-refractivity contribution is 5.79. The van der Waals surface area contributed by atoms with Crippen LogP contribution >= 0.6 is 0 Å². The summed E-state index contributed by atoms with van der Waals surface area (Å²) in [6.45, 7) is 2.36. The zero-order valence-electron chi connectivity index (χ0n) is 10.6. The number of likely N-dealkylation sites (tertiary alicyclic amines) is 1. The van der Waals surface area contributed by atoms with E-state index in [9.17, 15) is 4.79 Å². The number of amides is 1. The Bertz CT molecular complexity index is 439. The number of benzene rings is 1. The second kappa shape index (κ2) is 4.39. The maximum absolute atomic E-state index is 12.0. The first kappa shape index (κ1) is 11.7. The summed E-state index contributed by atoms with van der Waals surface area (Å²) in [6.07, 6.45) is 3.05. The molecule has 1 aliphatic carbocycles. The summed E-state index contributed by atoms with van der Waals surface area (Å²) < 4.78 is 0. The van der Waals surface area contributed by atoms with E-state index in [-0.39, 0.29) is 11.3 Å². The molecule has 1 unspecified atom stereocenters. The van der Waals surface area contributed by atoms with Gasteiger partial charge in [-0.25, -0.2) is 0 Å². The van der Waals surface area contributed by atoms with E-state index in [4.69, 9.17) is 5.73 Å². The first-order valence-electron chi connectivity index (χ1n) is 6.77. The van der Waals surface area contributed by atoms with E-state index < -0.39 is 0 Å². The lowest BCUT2D eigenvalue weighted by molar-refractivity contribution is -0.128. The molecule has 0 radical (unpaired) electrons. The number of hydrogen-bond acceptors (Lipinski definition) is 2. The van der Waals surface area contributed by atoms with Crippen molar-refractivity contribution in [1.82, 2.24) is 4.90 Å². The van der Waals surface area contributed by atoms with E-state index >= 15 is 0 Å². The molecule has 96 valence electrons. The highest BCUT2D eigenvalue weighted by Gasteiger charge is 2.47. The average Bonchev–Trinajstić information content (AvgIpc) is 3.10. The zero-order valence-corrected chi connectivity index (χ0v) is 10.6. The van der Waals surface area contributed by atoms with Crippen LogP contribution in [0.1, 0.15) is 24.8 Å². The van der Waals surface area contributed by atoms with Crippen molar-refractivity contribution in [2.75, 3.05) is 19.6 Å². The molecule has 3 nitrogen and oxygen atoms in total. The molecule has 2 aliphatic rings.